The van der Waals surface area contributed by atoms with Crippen molar-refractivity contribution < 1.29 is 0 Å². The van der Waals surface area contributed by atoms with E-state index in [2.05, 4.69) is 28.3 Å². The average Bonchev–Trinajstić information content (AvgIpc) is 2.93. The van der Waals surface area contributed by atoms with Gasteiger partial charge in [-0.15, -0.1) is 0 Å². The Balaban J connectivity index is 1.77. The molecule has 0 aromatic carbocycles. The van der Waals surface area contributed by atoms with Gasteiger partial charge in [0.1, 0.15) is 5.82 Å². The van der Waals surface area contributed by atoms with Crippen LogP contribution in [0.25, 0.3) is 0 Å². The normalized spacial score (nSPS) is 29.6. The van der Waals surface area contributed by atoms with Crippen LogP contribution < -0.4 is 5.32 Å². The van der Waals surface area contributed by atoms with Crippen molar-refractivity contribution in [1.29, 1.82) is 0 Å². The van der Waals surface area contributed by atoms with Crippen LogP contribution in [0.5, 0.6) is 0 Å². The molecule has 0 amide bonds. The summed E-state index contributed by atoms with van der Waals surface area (Å²) in [5, 5.41) is 3.48. The number of likely N-dealkylation sites (tertiary alicyclic amines) is 1. The second-order valence-corrected chi connectivity index (χ2v) is 5.59. The quantitative estimate of drug-likeness (QED) is 0.862. The Kier molecular flexibility index (Phi) is 3.57. The van der Waals surface area contributed by atoms with Crippen LogP contribution in [0.2, 0.25) is 0 Å². The van der Waals surface area contributed by atoms with Gasteiger partial charge in [0.05, 0.1) is 6.04 Å². The van der Waals surface area contributed by atoms with E-state index in [0.29, 0.717) is 12.0 Å². The lowest BCUT2D eigenvalue weighted by atomic mass is 9.95. The molecule has 3 heterocycles. The molecular formula is C14H22N4. The fourth-order valence-corrected chi connectivity index (χ4v) is 3.10. The Hall–Kier alpha value is -1.00. The van der Waals surface area contributed by atoms with E-state index in [4.69, 9.17) is 4.98 Å². The molecule has 3 rings (SSSR count). The molecule has 2 aliphatic heterocycles. The van der Waals surface area contributed by atoms with Crippen molar-refractivity contribution in [3.63, 3.8) is 0 Å². The third kappa shape index (κ3) is 2.54. The molecule has 2 fully saturated rings. The molecule has 0 aliphatic carbocycles. The summed E-state index contributed by atoms with van der Waals surface area (Å²) in [6.07, 6.45) is 6.89. The smallest absolute Gasteiger partial charge is 0.145 e. The number of piperidine rings is 1. The Morgan fingerprint density at radius 3 is 3.06 bits per heavy atom. The zero-order chi connectivity index (χ0) is 12.4. The summed E-state index contributed by atoms with van der Waals surface area (Å²) >= 11 is 0. The first-order chi connectivity index (χ1) is 8.83. The van der Waals surface area contributed by atoms with Crippen LogP contribution in [-0.2, 0) is 0 Å². The van der Waals surface area contributed by atoms with Crippen LogP contribution in [0.3, 0.4) is 0 Å². The van der Waals surface area contributed by atoms with Gasteiger partial charge in [-0.25, -0.2) is 9.97 Å². The number of likely N-dealkylation sites (N-methyl/N-ethyl adjacent to an activating group) is 1. The second kappa shape index (κ2) is 5.33. The van der Waals surface area contributed by atoms with Crippen LogP contribution in [0, 0.1) is 0 Å². The topological polar surface area (TPSA) is 41.1 Å². The van der Waals surface area contributed by atoms with Gasteiger partial charge in [0.2, 0.25) is 0 Å². The van der Waals surface area contributed by atoms with Crippen LogP contribution in [-0.4, -0.2) is 41.5 Å². The third-order valence-corrected chi connectivity index (χ3v) is 4.11. The standard InChI is InChI=1S/C14H22N4/c1-18-9-3-4-11(10-18)12-6-8-16-14(17-12)13-5-2-7-15-13/h6,8,11,13,15H,2-5,7,9-10H2,1H3. The summed E-state index contributed by atoms with van der Waals surface area (Å²) in [7, 11) is 2.20. The fourth-order valence-electron chi connectivity index (χ4n) is 3.10. The van der Waals surface area contributed by atoms with Gasteiger partial charge >= 0.3 is 0 Å². The van der Waals surface area contributed by atoms with Gasteiger partial charge < -0.3 is 10.2 Å². The van der Waals surface area contributed by atoms with Crippen molar-refractivity contribution >= 4 is 0 Å². The molecule has 2 saturated heterocycles. The summed E-state index contributed by atoms with van der Waals surface area (Å²) < 4.78 is 0. The first-order valence-corrected chi connectivity index (χ1v) is 7.08. The van der Waals surface area contributed by atoms with E-state index in [1.54, 1.807) is 0 Å². The molecule has 2 aliphatic rings. The van der Waals surface area contributed by atoms with Crippen LogP contribution in [0.4, 0.5) is 0 Å². The molecule has 18 heavy (non-hydrogen) atoms. The van der Waals surface area contributed by atoms with E-state index in [9.17, 15) is 0 Å². The Morgan fingerprint density at radius 1 is 1.33 bits per heavy atom. The van der Waals surface area contributed by atoms with Gasteiger partial charge in [-0.3, -0.25) is 0 Å². The van der Waals surface area contributed by atoms with Crippen molar-refractivity contribution in [3.8, 4) is 0 Å². The minimum Gasteiger partial charge on any atom is -0.307 e. The van der Waals surface area contributed by atoms with Gasteiger partial charge in [0.25, 0.3) is 0 Å². The molecule has 1 N–H and O–H groups in total. The lowest BCUT2D eigenvalue weighted by Crippen LogP contribution is -2.31. The maximum Gasteiger partial charge on any atom is 0.145 e. The Morgan fingerprint density at radius 2 is 2.28 bits per heavy atom. The molecule has 2 unspecified atom stereocenters. The van der Waals surface area contributed by atoms with E-state index in [-0.39, 0.29) is 0 Å². The van der Waals surface area contributed by atoms with E-state index in [1.165, 1.54) is 37.9 Å². The number of nitrogens with one attached hydrogen (secondary N) is 1. The highest BCUT2D eigenvalue weighted by molar-refractivity contribution is 5.12. The summed E-state index contributed by atoms with van der Waals surface area (Å²) in [6.45, 7) is 3.46. The maximum atomic E-state index is 4.81. The van der Waals surface area contributed by atoms with Gasteiger partial charge in [-0.05, 0) is 51.9 Å². The molecule has 4 heteroatoms. The van der Waals surface area contributed by atoms with Crippen LogP contribution >= 0.6 is 0 Å². The molecule has 98 valence electrons. The zero-order valence-corrected chi connectivity index (χ0v) is 11.1. The molecule has 0 spiro atoms. The SMILES string of the molecule is CN1CCCC(c2ccnc(C3CCCN3)n2)C1. The van der Waals surface area contributed by atoms with Gasteiger partial charge in [-0.2, -0.15) is 0 Å². The minimum atomic E-state index is 0.381. The van der Waals surface area contributed by atoms with Crippen molar-refractivity contribution in [2.45, 2.75) is 37.6 Å². The molecule has 0 bridgehead atoms. The monoisotopic (exact) mass is 246 g/mol. The van der Waals surface area contributed by atoms with Gasteiger partial charge in [-0.1, -0.05) is 0 Å². The highest BCUT2D eigenvalue weighted by Crippen LogP contribution is 2.26. The van der Waals surface area contributed by atoms with Crippen molar-refractivity contribution in [1.82, 2.24) is 20.2 Å². The molecule has 2 atom stereocenters. The predicted molar refractivity (Wildman–Crippen MR) is 71.5 cm³/mol. The maximum absolute atomic E-state index is 4.81. The number of nitrogens with zero attached hydrogens (tertiary/aromatic N) is 3. The number of hydrogen-bond acceptors (Lipinski definition) is 4. The Bertz CT molecular complexity index is 401. The predicted octanol–water partition coefficient (Wildman–Crippen LogP) is 1.71. The summed E-state index contributed by atoms with van der Waals surface area (Å²) in [4.78, 5) is 11.7. The van der Waals surface area contributed by atoms with E-state index in [0.717, 1.165) is 18.9 Å². The highest BCUT2D eigenvalue weighted by Gasteiger charge is 2.23. The summed E-state index contributed by atoms with van der Waals surface area (Å²) in [5.41, 5.74) is 1.24. The molecule has 0 radical (unpaired) electrons. The largest absolute Gasteiger partial charge is 0.307 e. The summed E-state index contributed by atoms with van der Waals surface area (Å²) in [5.74, 6) is 1.59. The van der Waals surface area contributed by atoms with E-state index >= 15 is 0 Å². The number of rotatable bonds is 2. The molecular weight excluding hydrogens is 224 g/mol. The average molecular weight is 246 g/mol. The second-order valence-electron chi connectivity index (χ2n) is 5.59. The first-order valence-electron chi connectivity index (χ1n) is 7.08. The van der Waals surface area contributed by atoms with Crippen molar-refractivity contribution in [2.24, 2.45) is 0 Å². The number of aromatic nitrogens is 2. The van der Waals surface area contributed by atoms with Crippen LogP contribution in [0.15, 0.2) is 12.3 Å². The number of hydrogen-bond donors (Lipinski definition) is 1. The lowest BCUT2D eigenvalue weighted by molar-refractivity contribution is 0.248. The Labute approximate surface area is 109 Å². The molecule has 0 saturated carbocycles. The molecule has 1 aromatic heterocycles. The van der Waals surface area contributed by atoms with Crippen LogP contribution in [0.1, 0.15) is 49.2 Å². The van der Waals surface area contributed by atoms with Crippen molar-refractivity contribution in [3.05, 3.63) is 23.8 Å². The van der Waals surface area contributed by atoms with Crippen molar-refractivity contribution in [2.75, 3.05) is 26.7 Å². The highest BCUT2D eigenvalue weighted by atomic mass is 15.1. The molecule has 4 nitrogen and oxygen atoms in total. The zero-order valence-electron chi connectivity index (χ0n) is 11.1. The third-order valence-electron chi connectivity index (χ3n) is 4.11. The van der Waals surface area contributed by atoms with E-state index < -0.39 is 0 Å². The first kappa shape index (κ1) is 12.1. The lowest BCUT2D eigenvalue weighted by Gasteiger charge is -2.29. The molecule has 1 aromatic rings. The van der Waals surface area contributed by atoms with E-state index in [1.807, 2.05) is 6.20 Å². The summed E-state index contributed by atoms with van der Waals surface area (Å²) in [6, 6.07) is 2.48. The fraction of sp³-hybridized carbons (Fsp3) is 0.714. The van der Waals surface area contributed by atoms with Gasteiger partial charge in [0, 0.05) is 24.4 Å². The van der Waals surface area contributed by atoms with Gasteiger partial charge in [0.15, 0.2) is 0 Å². The minimum absolute atomic E-state index is 0.381.